The minimum atomic E-state index is -0.663. The highest BCUT2D eigenvalue weighted by atomic mass is 79.9. The van der Waals surface area contributed by atoms with Crippen LogP contribution in [0.25, 0.3) is 0 Å². The van der Waals surface area contributed by atoms with E-state index in [0.29, 0.717) is 18.7 Å². The third-order valence-electron chi connectivity index (χ3n) is 4.89. The number of anilines is 2. The summed E-state index contributed by atoms with van der Waals surface area (Å²) >= 11 is 5.13. The summed E-state index contributed by atoms with van der Waals surface area (Å²) in [5.74, 6) is -0.243. The molecule has 1 aromatic heterocycles. The third kappa shape index (κ3) is 4.91. The minimum Gasteiger partial charge on any atom is -0.325 e. The molecule has 2 amide bonds. The molecule has 1 fully saturated rings. The molecule has 152 valence electrons. The van der Waals surface area contributed by atoms with E-state index in [9.17, 15) is 9.59 Å². The number of benzene rings is 2. The Morgan fingerprint density at radius 2 is 2.00 bits per heavy atom. The summed E-state index contributed by atoms with van der Waals surface area (Å²) in [5, 5.41) is 2.88. The Hall–Kier alpha value is -2.64. The number of carbonyl (C=O) groups is 2. The quantitative estimate of drug-likeness (QED) is 0.391. The van der Waals surface area contributed by atoms with Crippen molar-refractivity contribution in [3.63, 3.8) is 0 Å². The monoisotopic (exact) mass is 481 g/mol. The lowest BCUT2D eigenvalue weighted by molar-refractivity contribution is -0.129. The van der Waals surface area contributed by atoms with Crippen LogP contribution in [0.3, 0.4) is 0 Å². The largest absolute Gasteiger partial charge is 0.325 e. The molecule has 0 aliphatic carbocycles. The van der Waals surface area contributed by atoms with Crippen LogP contribution in [-0.2, 0) is 15.3 Å². The van der Waals surface area contributed by atoms with Gasteiger partial charge in [-0.05, 0) is 60.5 Å². The topological polar surface area (TPSA) is 62.3 Å². The van der Waals surface area contributed by atoms with Gasteiger partial charge in [-0.1, -0.05) is 28.1 Å². The molecule has 30 heavy (non-hydrogen) atoms. The maximum Gasteiger partial charge on any atom is 0.239 e. The Morgan fingerprint density at radius 3 is 2.73 bits per heavy atom. The van der Waals surface area contributed by atoms with Gasteiger partial charge in [0.2, 0.25) is 11.8 Å². The summed E-state index contributed by atoms with van der Waals surface area (Å²) in [6, 6.07) is 19.2. The number of hydrogen-bond donors (Lipinski definition) is 1. The molecule has 1 unspecified atom stereocenters. The van der Waals surface area contributed by atoms with E-state index in [0.717, 1.165) is 26.4 Å². The average Bonchev–Trinajstić information content (AvgIpc) is 3.15. The second-order valence-corrected chi connectivity index (χ2v) is 8.94. The molecule has 1 N–H and O–H groups in total. The first-order chi connectivity index (χ1) is 14.6. The summed E-state index contributed by atoms with van der Waals surface area (Å²) in [6.07, 6.45) is 4.13. The van der Waals surface area contributed by atoms with Crippen LogP contribution in [0.1, 0.15) is 12.0 Å². The molecule has 2 aromatic carbocycles. The van der Waals surface area contributed by atoms with Gasteiger partial charge < -0.3 is 10.2 Å². The van der Waals surface area contributed by atoms with Gasteiger partial charge in [0.05, 0.1) is 0 Å². The lowest BCUT2D eigenvalue weighted by Gasteiger charge is -2.17. The van der Waals surface area contributed by atoms with Gasteiger partial charge in [-0.25, -0.2) is 0 Å². The number of amides is 2. The zero-order valence-electron chi connectivity index (χ0n) is 16.1. The van der Waals surface area contributed by atoms with Crippen molar-refractivity contribution in [2.45, 2.75) is 17.1 Å². The summed E-state index contributed by atoms with van der Waals surface area (Å²) < 4.78 is 0.905. The van der Waals surface area contributed by atoms with E-state index >= 15 is 0 Å². The third-order valence-corrected chi connectivity index (χ3v) is 6.47. The second-order valence-electron chi connectivity index (χ2n) is 6.97. The molecule has 1 aliphatic rings. The maximum absolute atomic E-state index is 12.8. The van der Waals surface area contributed by atoms with Gasteiger partial charge in [0.1, 0.15) is 5.92 Å². The molecule has 0 radical (unpaired) electrons. The van der Waals surface area contributed by atoms with Gasteiger partial charge in [-0.2, -0.15) is 0 Å². The number of halogens is 1. The molecule has 0 spiro atoms. The molecule has 7 heteroatoms. The van der Waals surface area contributed by atoms with Crippen LogP contribution < -0.4 is 10.2 Å². The summed E-state index contributed by atoms with van der Waals surface area (Å²) in [5.41, 5.74) is 2.66. The van der Waals surface area contributed by atoms with Crippen molar-refractivity contribution in [3.05, 3.63) is 83.1 Å². The van der Waals surface area contributed by atoms with E-state index in [4.69, 9.17) is 0 Å². The zero-order valence-corrected chi connectivity index (χ0v) is 18.5. The number of pyridine rings is 1. The molecule has 1 atom stereocenters. The lowest BCUT2D eigenvalue weighted by Crippen LogP contribution is -2.33. The van der Waals surface area contributed by atoms with E-state index < -0.39 is 5.92 Å². The van der Waals surface area contributed by atoms with Crippen LogP contribution in [0.4, 0.5) is 11.4 Å². The van der Waals surface area contributed by atoms with E-state index in [1.165, 1.54) is 0 Å². The van der Waals surface area contributed by atoms with Gasteiger partial charge >= 0.3 is 0 Å². The SMILES string of the molecule is O=C(Nc1ccc(SCc2cccnc2)cc1)C1CCN(c2cccc(Br)c2)C1=O. The molecular formula is C23H20BrN3O2S. The maximum atomic E-state index is 12.8. The van der Waals surface area contributed by atoms with Gasteiger partial charge in [0.15, 0.2) is 0 Å². The number of nitrogens with one attached hydrogen (secondary N) is 1. The van der Waals surface area contributed by atoms with E-state index in [-0.39, 0.29) is 11.8 Å². The number of thioether (sulfide) groups is 1. The van der Waals surface area contributed by atoms with Crippen molar-refractivity contribution in [2.24, 2.45) is 5.92 Å². The smallest absolute Gasteiger partial charge is 0.239 e. The van der Waals surface area contributed by atoms with Crippen molar-refractivity contribution in [1.29, 1.82) is 0 Å². The van der Waals surface area contributed by atoms with E-state index in [1.807, 2.05) is 66.9 Å². The molecule has 1 aliphatic heterocycles. The standard InChI is InChI=1S/C23H20BrN3O2S/c24-17-4-1-5-19(13-17)27-12-10-21(23(27)29)22(28)26-18-6-8-20(9-7-18)30-15-16-3-2-11-25-14-16/h1-9,11,13-14,21H,10,12,15H2,(H,26,28). The highest BCUT2D eigenvalue weighted by Crippen LogP contribution is 2.29. The fourth-order valence-corrected chi connectivity index (χ4v) is 4.56. The van der Waals surface area contributed by atoms with Crippen molar-refractivity contribution in [1.82, 2.24) is 4.98 Å². The van der Waals surface area contributed by atoms with Crippen molar-refractivity contribution >= 4 is 50.9 Å². The first-order valence-corrected chi connectivity index (χ1v) is 11.4. The fourth-order valence-electron chi connectivity index (χ4n) is 3.34. The summed E-state index contributed by atoms with van der Waals surface area (Å²) in [6.45, 7) is 0.539. The zero-order chi connectivity index (χ0) is 20.9. The molecule has 1 saturated heterocycles. The Bertz CT molecular complexity index is 1040. The van der Waals surface area contributed by atoms with Crippen molar-refractivity contribution in [3.8, 4) is 0 Å². The molecule has 3 aromatic rings. The van der Waals surface area contributed by atoms with Gasteiger partial charge in [0.25, 0.3) is 0 Å². The van der Waals surface area contributed by atoms with Gasteiger partial charge in [-0.3, -0.25) is 14.6 Å². The first-order valence-electron chi connectivity index (χ1n) is 9.60. The number of aromatic nitrogens is 1. The average molecular weight is 482 g/mol. The molecule has 0 bridgehead atoms. The normalized spacial score (nSPS) is 16.0. The van der Waals surface area contributed by atoms with Crippen LogP contribution in [0.15, 0.2) is 82.4 Å². The Morgan fingerprint density at radius 1 is 1.17 bits per heavy atom. The summed E-state index contributed by atoms with van der Waals surface area (Å²) in [7, 11) is 0. The van der Waals surface area contributed by atoms with Gasteiger partial charge in [0, 0.05) is 45.4 Å². The Balaban J connectivity index is 1.34. The van der Waals surface area contributed by atoms with Crippen LogP contribution in [0, 0.1) is 5.92 Å². The Labute approximate surface area is 188 Å². The van der Waals surface area contributed by atoms with Crippen molar-refractivity contribution in [2.75, 3.05) is 16.8 Å². The highest BCUT2D eigenvalue weighted by molar-refractivity contribution is 9.10. The number of hydrogen-bond acceptors (Lipinski definition) is 4. The molecule has 0 saturated carbocycles. The van der Waals surface area contributed by atoms with Gasteiger partial charge in [-0.15, -0.1) is 11.8 Å². The van der Waals surface area contributed by atoms with Crippen molar-refractivity contribution < 1.29 is 9.59 Å². The molecular weight excluding hydrogens is 462 g/mol. The number of carbonyl (C=O) groups excluding carboxylic acids is 2. The van der Waals surface area contributed by atoms with Crippen LogP contribution in [0.5, 0.6) is 0 Å². The lowest BCUT2D eigenvalue weighted by atomic mass is 10.1. The fraction of sp³-hybridized carbons (Fsp3) is 0.174. The van der Waals surface area contributed by atoms with Crippen LogP contribution in [-0.4, -0.2) is 23.3 Å². The molecule has 5 nitrogen and oxygen atoms in total. The minimum absolute atomic E-state index is 0.158. The van der Waals surface area contributed by atoms with Crippen LogP contribution in [0.2, 0.25) is 0 Å². The second kappa shape index (κ2) is 9.45. The highest BCUT2D eigenvalue weighted by Gasteiger charge is 2.37. The van der Waals surface area contributed by atoms with Crippen LogP contribution >= 0.6 is 27.7 Å². The van der Waals surface area contributed by atoms with E-state index in [1.54, 1.807) is 22.9 Å². The Kier molecular flexibility index (Phi) is 6.50. The first kappa shape index (κ1) is 20.6. The summed E-state index contributed by atoms with van der Waals surface area (Å²) in [4.78, 5) is 32.4. The number of nitrogens with zero attached hydrogens (tertiary/aromatic N) is 2. The number of rotatable bonds is 6. The van der Waals surface area contributed by atoms with E-state index in [2.05, 4.69) is 26.2 Å². The predicted octanol–water partition coefficient (Wildman–Crippen LogP) is 5.13. The molecule has 4 rings (SSSR count). The molecule has 2 heterocycles. The predicted molar refractivity (Wildman–Crippen MR) is 123 cm³/mol.